The van der Waals surface area contributed by atoms with Crippen molar-refractivity contribution in [1.29, 1.82) is 0 Å². The number of sulfonamides is 1. The van der Waals surface area contributed by atoms with Crippen molar-refractivity contribution in [2.75, 3.05) is 6.26 Å². The average Bonchev–Trinajstić information content (AvgIpc) is 2.78. The van der Waals surface area contributed by atoms with Crippen molar-refractivity contribution in [3.8, 4) is 0 Å². The summed E-state index contributed by atoms with van der Waals surface area (Å²) in [6, 6.07) is 1.08. The predicted molar refractivity (Wildman–Crippen MR) is 109 cm³/mol. The summed E-state index contributed by atoms with van der Waals surface area (Å²) in [5.41, 5.74) is 4.32. The molecule has 7 fully saturated rings. The molecule has 7 rings (SSSR count). The SMILES string of the molecule is C.CS(=O)(=O)NC1C2CC3CC(C2)CC1C3.[Cl-].[NH3+]C1CC2CC3CC(C2)C1C3. The molecule has 0 radical (unpaired) electrons. The van der Waals surface area contributed by atoms with E-state index in [1.165, 1.54) is 51.2 Å². The molecule has 0 aromatic heterocycles. The number of quaternary nitrogens is 1. The van der Waals surface area contributed by atoms with E-state index < -0.39 is 10.0 Å². The van der Waals surface area contributed by atoms with Crippen molar-refractivity contribution in [2.45, 2.75) is 83.7 Å². The number of fused-ring (bicyclic) bond motifs is 2. The summed E-state index contributed by atoms with van der Waals surface area (Å²) in [5.74, 6) is 7.44. The Morgan fingerprint density at radius 3 is 1.64 bits per heavy atom. The summed E-state index contributed by atoms with van der Waals surface area (Å²) < 4.78 is 25.5. The maximum Gasteiger partial charge on any atom is 0.208 e. The highest BCUT2D eigenvalue weighted by Crippen LogP contribution is 2.54. The predicted octanol–water partition coefficient (Wildman–Crippen LogP) is 0.0534. The molecule has 4 nitrogen and oxygen atoms in total. The Bertz CT molecular complexity index is 622. The van der Waals surface area contributed by atoms with Gasteiger partial charge in [-0.3, -0.25) is 0 Å². The molecule has 0 aromatic rings. The molecule has 7 bridgehead atoms. The minimum atomic E-state index is -3.02. The number of nitrogens with one attached hydrogen (secondary N) is 1. The van der Waals surface area contributed by atoms with Crippen molar-refractivity contribution in [1.82, 2.24) is 4.72 Å². The molecule has 5 atom stereocenters. The number of hydrogen-bond acceptors (Lipinski definition) is 2. The summed E-state index contributed by atoms with van der Waals surface area (Å²) in [5, 5.41) is 0. The van der Waals surface area contributed by atoms with Crippen molar-refractivity contribution < 1.29 is 26.6 Å². The lowest BCUT2D eigenvalue weighted by Crippen LogP contribution is -3.00. The van der Waals surface area contributed by atoms with E-state index in [9.17, 15) is 8.42 Å². The van der Waals surface area contributed by atoms with Crippen LogP contribution in [0.5, 0.6) is 0 Å². The van der Waals surface area contributed by atoms with Gasteiger partial charge in [0.05, 0.1) is 12.3 Å². The van der Waals surface area contributed by atoms with Gasteiger partial charge in [0.1, 0.15) is 0 Å². The quantitative estimate of drug-likeness (QED) is 0.647. The second-order valence-corrected chi connectivity index (χ2v) is 12.7. The number of rotatable bonds is 2. The molecular formula is C22H41ClN2O2S. The fourth-order valence-corrected chi connectivity index (χ4v) is 9.35. The van der Waals surface area contributed by atoms with Crippen LogP contribution < -0.4 is 22.9 Å². The lowest BCUT2D eigenvalue weighted by molar-refractivity contribution is -0.442. The normalized spacial score (nSPS) is 49.6. The first-order valence-corrected chi connectivity index (χ1v) is 13.0. The highest BCUT2D eigenvalue weighted by atomic mass is 35.5. The zero-order valence-corrected chi connectivity index (χ0v) is 18.2. The highest BCUT2D eigenvalue weighted by molar-refractivity contribution is 7.88. The fraction of sp³-hybridized carbons (Fsp3) is 1.00. The van der Waals surface area contributed by atoms with Crippen molar-refractivity contribution in [3.05, 3.63) is 0 Å². The van der Waals surface area contributed by atoms with E-state index in [0.29, 0.717) is 11.8 Å². The molecule has 4 N–H and O–H groups in total. The lowest BCUT2D eigenvalue weighted by atomic mass is 9.54. The molecule has 0 amide bonds. The van der Waals surface area contributed by atoms with Crippen LogP contribution in [0.2, 0.25) is 0 Å². The molecule has 0 spiro atoms. The highest BCUT2D eigenvalue weighted by Gasteiger charge is 2.50. The fourth-order valence-electron chi connectivity index (χ4n) is 8.47. The minimum absolute atomic E-state index is 0. The maximum absolute atomic E-state index is 11.3. The summed E-state index contributed by atoms with van der Waals surface area (Å²) >= 11 is 0. The maximum atomic E-state index is 11.3. The first-order chi connectivity index (χ1) is 12.3. The van der Waals surface area contributed by atoms with E-state index in [0.717, 1.165) is 41.5 Å². The Balaban J connectivity index is 0.000000155. The van der Waals surface area contributed by atoms with Crippen LogP contribution in [0, 0.1) is 47.3 Å². The molecule has 0 aliphatic heterocycles. The largest absolute Gasteiger partial charge is 1.00 e. The van der Waals surface area contributed by atoms with Crippen LogP contribution in [0.15, 0.2) is 0 Å². The second kappa shape index (κ2) is 8.36. The Labute approximate surface area is 178 Å². The molecule has 7 aliphatic carbocycles. The molecule has 0 aromatic carbocycles. The van der Waals surface area contributed by atoms with Crippen LogP contribution in [-0.2, 0) is 10.0 Å². The minimum Gasteiger partial charge on any atom is -1.00 e. The lowest BCUT2D eigenvalue weighted by Gasteiger charge is -2.54. The van der Waals surface area contributed by atoms with Crippen LogP contribution in [-0.4, -0.2) is 26.8 Å². The zero-order chi connectivity index (χ0) is 18.1. The van der Waals surface area contributed by atoms with Gasteiger partial charge in [-0.05, 0) is 99.2 Å². The monoisotopic (exact) mass is 432 g/mol. The first kappa shape index (κ1) is 22.8. The van der Waals surface area contributed by atoms with E-state index in [2.05, 4.69) is 10.5 Å². The Hall–Kier alpha value is 0.160. The van der Waals surface area contributed by atoms with Gasteiger partial charge in [-0.15, -0.1) is 0 Å². The Morgan fingerprint density at radius 2 is 1.14 bits per heavy atom. The van der Waals surface area contributed by atoms with E-state index >= 15 is 0 Å². The third-order valence-electron chi connectivity index (χ3n) is 8.97. The summed E-state index contributed by atoms with van der Waals surface area (Å²) in [4.78, 5) is 0. The van der Waals surface area contributed by atoms with Crippen LogP contribution in [0.25, 0.3) is 0 Å². The van der Waals surface area contributed by atoms with E-state index in [1.807, 2.05) is 0 Å². The molecule has 164 valence electrons. The average molecular weight is 433 g/mol. The summed E-state index contributed by atoms with van der Waals surface area (Å²) in [7, 11) is -3.02. The summed E-state index contributed by atoms with van der Waals surface area (Å²) in [6.07, 6.45) is 15.4. The molecule has 0 saturated heterocycles. The molecule has 0 heterocycles. The van der Waals surface area contributed by atoms with Crippen molar-refractivity contribution in [2.24, 2.45) is 47.3 Å². The molecule has 7 aliphatic rings. The van der Waals surface area contributed by atoms with Gasteiger partial charge < -0.3 is 18.1 Å². The molecule has 7 saturated carbocycles. The molecular weight excluding hydrogens is 392 g/mol. The van der Waals surface area contributed by atoms with Gasteiger partial charge in [-0.2, -0.15) is 0 Å². The molecule has 6 heteroatoms. The van der Waals surface area contributed by atoms with Crippen molar-refractivity contribution >= 4 is 10.0 Å². The smallest absolute Gasteiger partial charge is 0.208 e. The van der Waals surface area contributed by atoms with Crippen LogP contribution in [0.3, 0.4) is 0 Å². The standard InChI is InChI=1S/C11H19NO2S.C10H17N.CH4.ClH/c1-15(13,14)12-11-9-3-7-2-8(5-9)6-10(11)4-7;11-10-5-7-1-6-2-8(3-7)9(10)4-6;;/h7-12H,2-6H2,1H3;6-10H,1-5,11H2;1H4;1H. The van der Waals surface area contributed by atoms with Crippen LogP contribution in [0.4, 0.5) is 0 Å². The van der Waals surface area contributed by atoms with Crippen molar-refractivity contribution in [3.63, 3.8) is 0 Å². The van der Waals surface area contributed by atoms with E-state index in [-0.39, 0.29) is 25.9 Å². The van der Waals surface area contributed by atoms with Gasteiger partial charge in [0.2, 0.25) is 10.0 Å². The van der Waals surface area contributed by atoms with Gasteiger partial charge in [0, 0.05) is 18.4 Å². The van der Waals surface area contributed by atoms with Crippen LogP contribution >= 0.6 is 0 Å². The topological polar surface area (TPSA) is 73.8 Å². The Kier molecular flexibility index (Phi) is 6.82. The molecule has 5 unspecified atom stereocenters. The number of halogens is 1. The van der Waals surface area contributed by atoms with Gasteiger partial charge in [-0.25, -0.2) is 13.1 Å². The third kappa shape index (κ3) is 4.43. The zero-order valence-electron chi connectivity index (χ0n) is 16.7. The summed E-state index contributed by atoms with van der Waals surface area (Å²) in [6.45, 7) is 0. The Morgan fingerprint density at radius 1 is 0.714 bits per heavy atom. The van der Waals surface area contributed by atoms with Gasteiger partial charge in [0.15, 0.2) is 0 Å². The van der Waals surface area contributed by atoms with Gasteiger partial charge in [0.25, 0.3) is 0 Å². The third-order valence-corrected chi connectivity index (χ3v) is 9.67. The number of hydrogen-bond donors (Lipinski definition) is 2. The second-order valence-electron chi connectivity index (χ2n) is 10.9. The van der Waals surface area contributed by atoms with Gasteiger partial charge in [-0.1, -0.05) is 7.43 Å². The van der Waals surface area contributed by atoms with E-state index in [1.54, 1.807) is 19.3 Å². The van der Waals surface area contributed by atoms with Crippen LogP contribution in [0.1, 0.15) is 71.6 Å². The first-order valence-electron chi connectivity index (χ1n) is 11.1. The van der Waals surface area contributed by atoms with E-state index in [4.69, 9.17) is 0 Å². The molecule has 28 heavy (non-hydrogen) atoms. The van der Waals surface area contributed by atoms with Gasteiger partial charge >= 0.3 is 0 Å².